The van der Waals surface area contributed by atoms with Crippen molar-refractivity contribution in [3.05, 3.63) is 59.7 Å². The lowest BCUT2D eigenvalue weighted by molar-refractivity contribution is -0.134. The zero-order valence-electron chi connectivity index (χ0n) is 14.8. The minimum absolute atomic E-state index is 0.308. The van der Waals surface area contributed by atoms with Crippen molar-refractivity contribution in [1.82, 2.24) is 10.2 Å². The minimum atomic E-state index is -1.04. The molecule has 1 spiro atoms. The molecule has 27 heavy (non-hydrogen) atoms. The van der Waals surface area contributed by atoms with Gasteiger partial charge in [0.1, 0.15) is 12.1 Å². The second-order valence-electron chi connectivity index (χ2n) is 6.63. The fourth-order valence-electron chi connectivity index (χ4n) is 3.81. The summed E-state index contributed by atoms with van der Waals surface area (Å²) in [5.74, 6) is -0.755. The molecule has 6 nitrogen and oxygen atoms in total. The summed E-state index contributed by atoms with van der Waals surface area (Å²) in [5, 5.41) is 5.62. The molecule has 1 heterocycles. The molecule has 2 N–H and O–H groups in total. The number of amides is 4. The Balaban J connectivity index is 1.53. The summed E-state index contributed by atoms with van der Waals surface area (Å²) in [7, 11) is 0. The molecule has 1 fully saturated rings. The monoisotopic (exact) mass is 381 g/mol. The third-order valence-electron chi connectivity index (χ3n) is 5.10. The molecule has 0 aromatic heterocycles. The highest BCUT2D eigenvalue weighted by atomic mass is 32.2. The van der Waals surface area contributed by atoms with Crippen LogP contribution in [-0.2, 0) is 21.5 Å². The van der Waals surface area contributed by atoms with E-state index >= 15 is 0 Å². The zero-order chi connectivity index (χ0) is 19.0. The fourth-order valence-corrected chi connectivity index (χ4v) is 4.37. The molecule has 1 aliphatic heterocycles. The summed E-state index contributed by atoms with van der Waals surface area (Å²) in [4.78, 5) is 40.0. The highest BCUT2D eigenvalue weighted by molar-refractivity contribution is 7.98. The Morgan fingerprint density at radius 1 is 1.19 bits per heavy atom. The maximum absolute atomic E-state index is 13.1. The lowest BCUT2D eigenvalue weighted by atomic mass is 9.92. The smallest absolute Gasteiger partial charge is 0.324 e. The first-order valence-corrected chi connectivity index (χ1v) is 9.93. The van der Waals surface area contributed by atoms with Crippen molar-refractivity contribution in [3.8, 4) is 0 Å². The number of aryl methyl sites for hydroxylation is 1. The molecule has 1 atom stereocenters. The number of benzene rings is 2. The number of imide groups is 1. The number of thioether (sulfide) groups is 1. The van der Waals surface area contributed by atoms with Gasteiger partial charge < -0.3 is 10.6 Å². The van der Waals surface area contributed by atoms with Crippen molar-refractivity contribution in [3.63, 3.8) is 0 Å². The number of urea groups is 1. The first kappa shape index (κ1) is 17.6. The van der Waals surface area contributed by atoms with Crippen LogP contribution in [0.25, 0.3) is 0 Å². The number of para-hydroxylation sites is 1. The van der Waals surface area contributed by atoms with Gasteiger partial charge in [0.05, 0.1) is 5.69 Å². The molecule has 0 bridgehead atoms. The van der Waals surface area contributed by atoms with E-state index in [0.29, 0.717) is 12.1 Å². The van der Waals surface area contributed by atoms with Gasteiger partial charge in [0.15, 0.2) is 0 Å². The molecule has 138 valence electrons. The number of rotatable bonds is 4. The number of fused-ring (bicyclic) bond motifs is 2. The normalized spacial score (nSPS) is 20.7. The van der Waals surface area contributed by atoms with Crippen molar-refractivity contribution in [2.24, 2.45) is 0 Å². The van der Waals surface area contributed by atoms with Crippen LogP contribution in [0.3, 0.4) is 0 Å². The van der Waals surface area contributed by atoms with Gasteiger partial charge in [-0.05, 0) is 42.4 Å². The highest BCUT2D eigenvalue weighted by Gasteiger charge is 2.55. The van der Waals surface area contributed by atoms with E-state index in [9.17, 15) is 14.4 Å². The quantitative estimate of drug-likeness (QED) is 0.631. The molecule has 2 aliphatic rings. The summed E-state index contributed by atoms with van der Waals surface area (Å²) >= 11 is 1.51. The Morgan fingerprint density at radius 3 is 2.74 bits per heavy atom. The Bertz CT molecular complexity index is 946. The summed E-state index contributed by atoms with van der Waals surface area (Å²) in [6.07, 6.45) is 3.16. The predicted molar refractivity (Wildman–Crippen MR) is 104 cm³/mol. The summed E-state index contributed by atoms with van der Waals surface area (Å²) in [6, 6.07) is 14.5. The third kappa shape index (κ3) is 2.88. The summed E-state index contributed by atoms with van der Waals surface area (Å²) < 4.78 is 0. The third-order valence-corrected chi connectivity index (χ3v) is 5.90. The Morgan fingerprint density at radius 2 is 1.93 bits per heavy atom. The Labute approximate surface area is 161 Å². The largest absolute Gasteiger partial charge is 0.325 e. The van der Waals surface area contributed by atoms with E-state index in [1.165, 1.54) is 11.8 Å². The molecular formula is C20H19N3O3S. The maximum Gasteiger partial charge on any atom is 0.325 e. The first-order valence-electron chi connectivity index (χ1n) is 8.70. The maximum atomic E-state index is 13.1. The molecule has 4 rings (SSSR count). The topological polar surface area (TPSA) is 78.5 Å². The van der Waals surface area contributed by atoms with Crippen LogP contribution in [-0.4, -0.2) is 35.5 Å². The number of nitrogens with one attached hydrogen (secondary N) is 2. The van der Waals surface area contributed by atoms with Crippen molar-refractivity contribution in [2.45, 2.75) is 23.3 Å². The van der Waals surface area contributed by atoms with Crippen LogP contribution in [0, 0.1) is 0 Å². The number of hydrogen-bond acceptors (Lipinski definition) is 4. The summed E-state index contributed by atoms with van der Waals surface area (Å²) in [5.41, 5.74) is 1.53. The number of carbonyl (C=O) groups excluding carboxylic acids is 3. The second-order valence-corrected chi connectivity index (χ2v) is 7.48. The van der Waals surface area contributed by atoms with Gasteiger partial charge in [0, 0.05) is 4.90 Å². The standard InChI is InChI=1S/C20H19N3O3S/c1-27-16-9-5-4-8-15(16)21-17(24)12-23-18(25)20(22-19(23)26)11-10-13-6-2-3-7-14(13)20/h2-9H,10-12H2,1H3,(H,21,24)(H,22,26). The van der Waals surface area contributed by atoms with Gasteiger partial charge in [0.2, 0.25) is 5.91 Å². The molecule has 0 saturated carbocycles. The zero-order valence-corrected chi connectivity index (χ0v) is 15.6. The number of hydrogen-bond donors (Lipinski definition) is 2. The van der Waals surface area contributed by atoms with Gasteiger partial charge in [-0.2, -0.15) is 0 Å². The van der Waals surface area contributed by atoms with Crippen LogP contribution in [0.1, 0.15) is 17.5 Å². The van der Waals surface area contributed by atoms with E-state index in [1.807, 2.05) is 48.7 Å². The van der Waals surface area contributed by atoms with Gasteiger partial charge in [-0.3, -0.25) is 14.5 Å². The fraction of sp³-hybridized carbons (Fsp3) is 0.250. The lowest BCUT2D eigenvalue weighted by Gasteiger charge is -2.22. The van der Waals surface area contributed by atoms with Gasteiger partial charge in [-0.25, -0.2) is 4.79 Å². The predicted octanol–water partition coefficient (Wildman–Crippen LogP) is 2.74. The van der Waals surface area contributed by atoms with Crippen molar-refractivity contribution in [1.29, 1.82) is 0 Å². The van der Waals surface area contributed by atoms with Crippen LogP contribution >= 0.6 is 11.8 Å². The van der Waals surface area contributed by atoms with Crippen LogP contribution in [0.2, 0.25) is 0 Å². The van der Waals surface area contributed by atoms with Gasteiger partial charge >= 0.3 is 6.03 Å². The SMILES string of the molecule is CSc1ccccc1NC(=O)CN1C(=O)NC2(CCc3ccccc32)C1=O. The Kier molecular flexibility index (Phi) is 4.39. The molecular weight excluding hydrogens is 362 g/mol. The molecule has 2 aromatic rings. The number of anilines is 1. The minimum Gasteiger partial charge on any atom is -0.324 e. The first-order chi connectivity index (χ1) is 13.0. The van der Waals surface area contributed by atoms with Crippen LogP contribution in [0.4, 0.5) is 10.5 Å². The van der Waals surface area contributed by atoms with E-state index in [2.05, 4.69) is 10.6 Å². The highest BCUT2D eigenvalue weighted by Crippen LogP contribution is 2.41. The molecule has 1 unspecified atom stereocenters. The van der Waals surface area contributed by atoms with E-state index in [-0.39, 0.29) is 12.5 Å². The molecule has 1 saturated heterocycles. The second kappa shape index (κ2) is 6.74. The molecule has 1 aliphatic carbocycles. The average Bonchev–Trinajstić information content (AvgIpc) is 3.16. The van der Waals surface area contributed by atoms with E-state index in [0.717, 1.165) is 27.3 Å². The number of nitrogens with zero attached hydrogens (tertiary/aromatic N) is 1. The van der Waals surface area contributed by atoms with E-state index in [4.69, 9.17) is 0 Å². The van der Waals surface area contributed by atoms with Crippen molar-refractivity contribution < 1.29 is 14.4 Å². The van der Waals surface area contributed by atoms with Crippen LogP contribution < -0.4 is 10.6 Å². The van der Waals surface area contributed by atoms with Gasteiger partial charge in [0.25, 0.3) is 5.91 Å². The van der Waals surface area contributed by atoms with Gasteiger partial charge in [-0.15, -0.1) is 11.8 Å². The molecule has 4 amide bonds. The van der Waals surface area contributed by atoms with E-state index < -0.39 is 17.5 Å². The molecule has 2 aromatic carbocycles. The van der Waals surface area contributed by atoms with Crippen molar-refractivity contribution in [2.75, 3.05) is 18.1 Å². The van der Waals surface area contributed by atoms with Gasteiger partial charge in [-0.1, -0.05) is 36.4 Å². The van der Waals surface area contributed by atoms with E-state index in [1.54, 1.807) is 6.07 Å². The van der Waals surface area contributed by atoms with Crippen LogP contribution in [0.15, 0.2) is 53.4 Å². The molecule has 7 heteroatoms. The van der Waals surface area contributed by atoms with Crippen molar-refractivity contribution >= 4 is 35.3 Å². The average molecular weight is 381 g/mol. The van der Waals surface area contributed by atoms with Crippen LogP contribution in [0.5, 0.6) is 0 Å². The summed E-state index contributed by atoms with van der Waals surface area (Å²) in [6.45, 7) is -0.308. The lowest BCUT2D eigenvalue weighted by Crippen LogP contribution is -2.43. The molecule has 0 radical (unpaired) electrons. The Hall–Kier alpha value is -2.80. The number of carbonyl (C=O) groups is 3.